The van der Waals surface area contributed by atoms with E-state index >= 15 is 0 Å². The first-order chi connectivity index (χ1) is 9.16. The molecule has 2 aromatic heterocycles. The zero-order valence-electron chi connectivity index (χ0n) is 10.2. The number of benzene rings is 1. The van der Waals surface area contributed by atoms with Crippen molar-refractivity contribution in [3.05, 3.63) is 42.1 Å². The molecule has 0 aliphatic rings. The van der Waals surface area contributed by atoms with Crippen LogP contribution in [0.1, 0.15) is 0 Å². The predicted octanol–water partition coefficient (Wildman–Crippen LogP) is 1.90. The van der Waals surface area contributed by atoms with Crippen molar-refractivity contribution in [1.29, 1.82) is 0 Å². The lowest BCUT2D eigenvalue weighted by Crippen LogP contribution is -1.98. The number of anilines is 1. The van der Waals surface area contributed by atoms with E-state index in [2.05, 4.69) is 15.2 Å². The number of nitrogen functional groups attached to an aromatic ring is 1. The Labute approximate surface area is 114 Å². The third-order valence-corrected chi connectivity index (χ3v) is 3.21. The monoisotopic (exact) mass is 274 g/mol. The van der Waals surface area contributed by atoms with Crippen molar-refractivity contribution in [3.63, 3.8) is 0 Å². The molecule has 3 rings (SSSR count). The van der Waals surface area contributed by atoms with Crippen molar-refractivity contribution in [2.45, 2.75) is 0 Å². The normalized spacial score (nSPS) is 10.8. The second-order valence-electron chi connectivity index (χ2n) is 4.07. The van der Waals surface area contributed by atoms with Gasteiger partial charge < -0.3 is 5.73 Å². The van der Waals surface area contributed by atoms with Gasteiger partial charge in [-0.25, -0.2) is 9.67 Å². The Morgan fingerprint density at radius 2 is 2.11 bits per heavy atom. The van der Waals surface area contributed by atoms with Crippen LogP contribution in [0.5, 0.6) is 0 Å². The molecular weight excluding hydrogens is 264 g/mol. The highest BCUT2D eigenvalue weighted by Crippen LogP contribution is 2.30. The van der Waals surface area contributed by atoms with Crippen LogP contribution in [-0.2, 0) is 7.05 Å². The molecule has 3 aromatic rings. The van der Waals surface area contributed by atoms with Gasteiger partial charge >= 0.3 is 0 Å². The summed E-state index contributed by atoms with van der Waals surface area (Å²) in [5.41, 5.74) is 8.49. The van der Waals surface area contributed by atoms with Crippen LogP contribution in [0, 0.1) is 0 Å². The largest absolute Gasteiger partial charge is 0.383 e. The maximum Gasteiger partial charge on any atom is 0.138 e. The summed E-state index contributed by atoms with van der Waals surface area (Å²) in [5, 5.41) is 8.74. The summed E-state index contributed by atoms with van der Waals surface area (Å²) in [6, 6.07) is 5.64. The number of nitrogens with two attached hydrogens (primary N) is 1. The average molecular weight is 275 g/mol. The van der Waals surface area contributed by atoms with Gasteiger partial charge in [-0.1, -0.05) is 17.7 Å². The molecule has 96 valence electrons. The van der Waals surface area contributed by atoms with Gasteiger partial charge in [-0.3, -0.25) is 4.68 Å². The van der Waals surface area contributed by atoms with Crippen LogP contribution in [-0.4, -0.2) is 24.5 Å². The Morgan fingerprint density at radius 3 is 2.68 bits per heavy atom. The molecule has 0 unspecified atom stereocenters. The van der Waals surface area contributed by atoms with Gasteiger partial charge in [-0.05, 0) is 17.7 Å². The van der Waals surface area contributed by atoms with E-state index in [1.54, 1.807) is 28.9 Å². The quantitative estimate of drug-likeness (QED) is 0.774. The second-order valence-corrected chi connectivity index (χ2v) is 4.48. The van der Waals surface area contributed by atoms with E-state index in [0.29, 0.717) is 10.8 Å². The van der Waals surface area contributed by atoms with E-state index in [9.17, 15) is 0 Å². The highest BCUT2D eigenvalue weighted by Gasteiger charge is 2.10. The molecule has 0 radical (unpaired) electrons. The number of aryl methyl sites for hydroxylation is 1. The fraction of sp³-hybridized carbons (Fsp3) is 0.0833. The molecule has 0 atom stereocenters. The molecule has 7 heteroatoms. The van der Waals surface area contributed by atoms with Crippen molar-refractivity contribution in [1.82, 2.24) is 24.5 Å². The van der Waals surface area contributed by atoms with Gasteiger partial charge in [0.1, 0.15) is 18.5 Å². The minimum atomic E-state index is 0.575. The molecule has 0 aliphatic heterocycles. The Kier molecular flexibility index (Phi) is 2.72. The summed E-state index contributed by atoms with van der Waals surface area (Å²) in [6.45, 7) is 0. The van der Waals surface area contributed by atoms with Gasteiger partial charge in [0, 0.05) is 12.6 Å². The van der Waals surface area contributed by atoms with Crippen molar-refractivity contribution >= 4 is 17.4 Å². The molecule has 0 amide bonds. The fourth-order valence-electron chi connectivity index (χ4n) is 1.86. The summed E-state index contributed by atoms with van der Waals surface area (Å²) in [4.78, 5) is 3.90. The smallest absolute Gasteiger partial charge is 0.138 e. The fourth-order valence-corrected chi connectivity index (χ4v) is 2.13. The van der Waals surface area contributed by atoms with Crippen LogP contribution >= 0.6 is 11.6 Å². The van der Waals surface area contributed by atoms with Gasteiger partial charge in [-0.15, -0.1) is 0 Å². The lowest BCUT2D eigenvalue weighted by molar-refractivity contribution is 0.779. The minimum absolute atomic E-state index is 0.575. The van der Waals surface area contributed by atoms with Gasteiger partial charge in [0.15, 0.2) is 0 Å². The van der Waals surface area contributed by atoms with E-state index in [-0.39, 0.29) is 0 Å². The molecule has 2 N–H and O–H groups in total. The van der Waals surface area contributed by atoms with Crippen LogP contribution in [0.4, 0.5) is 5.82 Å². The van der Waals surface area contributed by atoms with Gasteiger partial charge in [0.2, 0.25) is 0 Å². The van der Waals surface area contributed by atoms with E-state index < -0.39 is 0 Å². The first-order valence-corrected chi connectivity index (χ1v) is 5.97. The predicted molar refractivity (Wildman–Crippen MR) is 73.0 cm³/mol. The maximum absolute atomic E-state index is 6.27. The molecule has 0 saturated heterocycles. The molecule has 0 saturated carbocycles. The lowest BCUT2D eigenvalue weighted by Gasteiger charge is -2.06. The van der Waals surface area contributed by atoms with Crippen molar-refractivity contribution < 1.29 is 0 Å². The number of halogens is 1. The summed E-state index contributed by atoms with van der Waals surface area (Å²) >= 11 is 6.27. The Bertz CT molecular complexity index is 716. The first kappa shape index (κ1) is 11.7. The minimum Gasteiger partial charge on any atom is -0.383 e. The van der Waals surface area contributed by atoms with Crippen LogP contribution in [0.25, 0.3) is 16.8 Å². The van der Waals surface area contributed by atoms with Crippen LogP contribution in [0.15, 0.2) is 37.1 Å². The molecule has 0 fully saturated rings. The van der Waals surface area contributed by atoms with Crippen molar-refractivity contribution in [2.24, 2.45) is 7.05 Å². The molecule has 2 heterocycles. The molecule has 0 bridgehead atoms. The average Bonchev–Trinajstić information content (AvgIpc) is 3.01. The SMILES string of the molecule is Cn1ncc(-c2ccc(-n3cncn3)c(Cl)c2)c1N. The molecular formula is C12H11ClN6. The summed E-state index contributed by atoms with van der Waals surface area (Å²) < 4.78 is 3.23. The van der Waals surface area contributed by atoms with E-state index in [4.69, 9.17) is 17.3 Å². The summed E-state index contributed by atoms with van der Waals surface area (Å²) in [7, 11) is 1.80. The highest BCUT2D eigenvalue weighted by atomic mass is 35.5. The lowest BCUT2D eigenvalue weighted by atomic mass is 10.1. The van der Waals surface area contributed by atoms with E-state index in [1.807, 2.05) is 18.2 Å². The van der Waals surface area contributed by atoms with Crippen LogP contribution in [0.2, 0.25) is 5.02 Å². The molecule has 19 heavy (non-hydrogen) atoms. The van der Waals surface area contributed by atoms with Gasteiger partial charge in [0.25, 0.3) is 0 Å². The molecule has 0 aliphatic carbocycles. The number of nitrogens with zero attached hydrogens (tertiary/aromatic N) is 5. The number of hydrogen-bond acceptors (Lipinski definition) is 4. The maximum atomic E-state index is 6.27. The zero-order chi connectivity index (χ0) is 13.4. The van der Waals surface area contributed by atoms with E-state index in [0.717, 1.165) is 16.8 Å². The zero-order valence-corrected chi connectivity index (χ0v) is 10.9. The second kappa shape index (κ2) is 4.40. The van der Waals surface area contributed by atoms with Crippen LogP contribution < -0.4 is 5.73 Å². The Morgan fingerprint density at radius 1 is 1.26 bits per heavy atom. The van der Waals surface area contributed by atoms with Crippen molar-refractivity contribution in [2.75, 3.05) is 5.73 Å². The molecule has 6 nitrogen and oxygen atoms in total. The van der Waals surface area contributed by atoms with Crippen molar-refractivity contribution in [3.8, 4) is 16.8 Å². The third kappa shape index (κ3) is 1.96. The third-order valence-electron chi connectivity index (χ3n) is 2.91. The number of rotatable bonds is 2. The topological polar surface area (TPSA) is 74.5 Å². The first-order valence-electron chi connectivity index (χ1n) is 5.59. The summed E-state index contributed by atoms with van der Waals surface area (Å²) in [6.07, 6.45) is 4.78. The van der Waals surface area contributed by atoms with Gasteiger partial charge in [-0.2, -0.15) is 10.2 Å². The number of aromatic nitrogens is 5. The number of hydrogen-bond donors (Lipinski definition) is 1. The van der Waals surface area contributed by atoms with Gasteiger partial charge in [0.05, 0.1) is 16.9 Å². The highest BCUT2D eigenvalue weighted by molar-refractivity contribution is 6.32. The Balaban J connectivity index is 2.07. The molecule has 1 aromatic carbocycles. The standard InChI is InChI=1S/C12H11ClN6/c1-18-12(14)9(5-16-18)8-2-3-11(10(13)4-8)19-7-15-6-17-19/h2-7H,14H2,1H3. The molecule has 0 spiro atoms. The van der Waals surface area contributed by atoms with E-state index in [1.165, 1.54) is 6.33 Å². The Hall–Kier alpha value is -2.34. The summed E-state index contributed by atoms with van der Waals surface area (Å²) in [5.74, 6) is 0.601. The van der Waals surface area contributed by atoms with Crippen LogP contribution in [0.3, 0.4) is 0 Å².